The summed E-state index contributed by atoms with van der Waals surface area (Å²) < 4.78 is 12.9. The number of hydrogen-bond donors (Lipinski definition) is 2. The molecule has 118 valence electrons. The lowest BCUT2D eigenvalue weighted by Crippen LogP contribution is -2.13. The first kappa shape index (κ1) is 16.2. The molecule has 0 atom stereocenters. The van der Waals surface area contributed by atoms with Gasteiger partial charge in [0.15, 0.2) is 0 Å². The van der Waals surface area contributed by atoms with E-state index in [1.807, 2.05) is 0 Å². The van der Waals surface area contributed by atoms with Crippen molar-refractivity contribution in [2.45, 2.75) is 19.3 Å². The van der Waals surface area contributed by atoms with Crippen LogP contribution in [0.1, 0.15) is 18.4 Å². The Labute approximate surface area is 130 Å². The van der Waals surface area contributed by atoms with Gasteiger partial charge in [0, 0.05) is 17.4 Å². The van der Waals surface area contributed by atoms with Crippen molar-refractivity contribution in [1.82, 2.24) is 14.9 Å². The zero-order valence-electron chi connectivity index (χ0n) is 13.0. The molecule has 1 aromatic carbocycles. The third kappa shape index (κ3) is 4.96. The number of aryl methyl sites for hydroxylation is 1. The summed E-state index contributed by atoms with van der Waals surface area (Å²) >= 11 is 0. The molecule has 6 heteroatoms. The van der Waals surface area contributed by atoms with Crippen molar-refractivity contribution in [3.63, 3.8) is 0 Å². The maximum atomic E-state index is 12.9. The standard InChI is InChI=1S/C16H22FN5/c1-22(2)10-4-3-5-12-11-19-16(21-15(12)18)20-14-8-6-13(17)7-9-14/h6-9,11H,3-5,10H2,1-2H3,(H3,18,19,20,21). The van der Waals surface area contributed by atoms with E-state index in [1.54, 1.807) is 18.3 Å². The lowest BCUT2D eigenvalue weighted by atomic mass is 10.1. The van der Waals surface area contributed by atoms with Crippen LogP contribution in [0.5, 0.6) is 0 Å². The second-order valence-corrected chi connectivity index (χ2v) is 5.50. The molecule has 1 heterocycles. The molecule has 22 heavy (non-hydrogen) atoms. The predicted octanol–water partition coefficient (Wildman–Crippen LogP) is 2.83. The fourth-order valence-corrected chi connectivity index (χ4v) is 2.08. The molecule has 0 amide bonds. The first-order valence-corrected chi connectivity index (χ1v) is 7.33. The van der Waals surface area contributed by atoms with Gasteiger partial charge in [0.1, 0.15) is 11.6 Å². The van der Waals surface area contributed by atoms with Crippen LogP contribution in [0.25, 0.3) is 0 Å². The van der Waals surface area contributed by atoms with Gasteiger partial charge in [-0.1, -0.05) is 0 Å². The Bertz CT molecular complexity index is 598. The molecule has 1 aromatic heterocycles. The molecule has 2 aromatic rings. The van der Waals surface area contributed by atoms with E-state index in [2.05, 4.69) is 34.3 Å². The van der Waals surface area contributed by atoms with Gasteiger partial charge in [-0.25, -0.2) is 9.37 Å². The number of nitrogens with zero attached hydrogens (tertiary/aromatic N) is 3. The lowest BCUT2D eigenvalue weighted by molar-refractivity contribution is 0.394. The average molecular weight is 303 g/mol. The Morgan fingerprint density at radius 2 is 1.91 bits per heavy atom. The van der Waals surface area contributed by atoms with Crippen LogP contribution in [0, 0.1) is 5.82 Å². The topological polar surface area (TPSA) is 67.1 Å². The molecule has 0 aliphatic carbocycles. The minimum atomic E-state index is -0.279. The number of unbranched alkanes of at least 4 members (excludes halogenated alkanes) is 1. The van der Waals surface area contributed by atoms with Crippen molar-refractivity contribution >= 4 is 17.5 Å². The molecule has 0 bridgehead atoms. The Balaban J connectivity index is 1.92. The molecule has 0 aliphatic rings. The number of anilines is 3. The molecule has 0 saturated carbocycles. The summed E-state index contributed by atoms with van der Waals surface area (Å²) in [5, 5.41) is 3.01. The van der Waals surface area contributed by atoms with Crippen molar-refractivity contribution in [1.29, 1.82) is 0 Å². The van der Waals surface area contributed by atoms with E-state index in [9.17, 15) is 4.39 Å². The van der Waals surface area contributed by atoms with Gasteiger partial charge in [-0.05, 0) is 64.2 Å². The highest BCUT2D eigenvalue weighted by molar-refractivity contribution is 5.55. The summed E-state index contributed by atoms with van der Waals surface area (Å²) in [4.78, 5) is 10.7. The van der Waals surface area contributed by atoms with Gasteiger partial charge >= 0.3 is 0 Å². The molecule has 3 N–H and O–H groups in total. The SMILES string of the molecule is CN(C)CCCCc1cnc(Nc2ccc(F)cc2)nc1N. The van der Waals surface area contributed by atoms with Crippen LogP contribution in [0.3, 0.4) is 0 Å². The highest BCUT2D eigenvalue weighted by Gasteiger charge is 2.05. The second kappa shape index (κ2) is 7.70. The van der Waals surface area contributed by atoms with Crippen LogP contribution < -0.4 is 11.1 Å². The van der Waals surface area contributed by atoms with Crippen molar-refractivity contribution in [3.05, 3.63) is 41.8 Å². The van der Waals surface area contributed by atoms with Crippen molar-refractivity contribution in [3.8, 4) is 0 Å². The summed E-state index contributed by atoms with van der Waals surface area (Å²) in [6.45, 7) is 1.06. The maximum Gasteiger partial charge on any atom is 0.229 e. The first-order valence-electron chi connectivity index (χ1n) is 7.33. The van der Waals surface area contributed by atoms with E-state index < -0.39 is 0 Å². The first-order chi connectivity index (χ1) is 10.5. The normalized spacial score (nSPS) is 10.9. The number of rotatable bonds is 7. The number of halogens is 1. The number of aromatic nitrogens is 2. The molecule has 0 radical (unpaired) electrons. The summed E-state index contributed by atoms with van der Waals surface area (Å²) in [5.74, 6) is 0.629. The molecule has 0 saturated heterocycles. The quantitative estimate of drug-likeness (QED) is 0.770. The smallest absolute Gasteiger partial charge is 0.229 e. The maximum absolute atomic E-state index is 12.9. The van der Waals surface area contributed by atoms with Crippen LogP contribution in [-0.4, -0.2) is 35.5 Å². The van der Waals surface area contributed by atoms with E-state index in [-0.39, 0.29) is 5.82 Å². The number of nitrogen functional groups attached to an aromatic ring is 1. The fourth-order valence-electron chi connectivity index (χ4n) is 2.08. The zero-order chi connectivity index (χ0) is 15.9. The fraction of sp³-hybridized carbons (Fsp3) is 0.375. The summed E-state index contributed by atoms with van der Waals surface area (Å²) in [6, 6.07) is 6.02. The van der Waals surface area contributed by atoms with Gasteiger partial charge in [0.25, 0.3) is 0 Å². The van der Waals surface area contributed by atoms with Gasteiger partial charge in [-0.3, -0.25) is 0 Å². The highest BCUT2D eigenvalue weighted by Crippen LogP contribution is 2.17. The van der Waals surface area contributed by atoms with Gasteiger partial charge in [0.05, 0.1) is 0 Å². The monoisotopic (exact) mass is 303 g/mol. The minimum Gasteiger partial charge on any atom is -0.383 e. The van der Waals surface area contributed by atoms with Crippen molar-refractivity contribution in [2.24, 2.45) is 0 Å². The van der Waals surface area contributed by atoms with E-state index >= 15 is 0 Å². The second-order valence-electron chi connectivity index (χ2n) is 5.50. The largest absolute Gasteiger partial charge is 0.383 e. The summed E-state index contributed by atoms with van der Waals surface area (Å²) in [6.07, 6.45) is 4.79. The molecular formula is C16H22FN5. The van der Waals surface area contributed by atoms with Crippen LogP contribution in [0.2, 0.25) is 0 Å². The predicted molar refractivity (Wildman–Crippen MR) is 87.6 cm³/mol. The summed E-state index contributed by atoms with van der Waals surface area (Å²) in [7, 11) is 4.13. The zero-order valence-corrected chi connectivity index (χ0v) is 13.0. The van der Waals surface area contributed by atoms with E-state index in [0.717, 1.165) is 37.1 Å². The number of benzene rings is 1. The van der Waals surface area contributed by atoms with Crippen LogP contribution >= 0.6 is 0 Å². The molecule has 2 rings (SSSR count). The Morgan fingerprint density at radius 1 is 1.18 bits per heavy atom. The van der Waals surface area contributed by atoms with E-state index in [4.69, 9.17) is 5.73 Å². The molecule has 0 spiro atoms. The van der Waals surface area contributed by atoms with Crippen LogP contribution in [-0.2, 0) is 6.42 Å². The molecule has 0 fully saturated rings. The van der Waals surface area contributed by atoms with Gasteiger partial charge < -0.3 is 16.0 Å². The summed E-state index contributed by atoms with van der Waals surface area (Å²) in [5.41, 5.74) is 7.66. The molecular weight excluding hydrogens is 281 g/mol. The van der Waals surface area contributed by atoms with Gasteiger partial charge in [-0.2, -0.15) is 4.98 Å². The third-order valence-electron chi connectivity index (χ3n) is 3.30. The van der Waals surface area contributed by atoms with Crippen molar-refractivity contribution in [2.75, 3.05) is 31.7 Å². The highest BCUT2D eigenvalue weighted by atomic mass is 19.1. The molecule has 0 aliphatic heterocycles. The van der Waals surface area contributed by atoms with E-state index in [0.29, 0.717) is 11.8 Å². The third-order valence-corrected chi connectivity index (χ3v) is 3.30. The van der Waals surface area contributed by atoms with Gasteiger partial charge in [0.2, 0.25) is 5.95 Å². The van der Waals surface area contributed by atoms with Crippen LogP contribution in [0.15, 0.2) is 30.5 Å². The van der Waals surface area contributed by atoms with Crippen molar-refractivity contribution < 1.29 is 4.39 Å². The average Bonchev–Trinajstić information content (AvgIpc) is 2.47. The molecule has 0 unspecified atom stereocenters. The Hall–Kier alpha value is -2.21. The number of nitrogens with two attached hydrogens (primary N) is 1. The minimum absolute atomic E-state index is 0.279. The number of nitrogens with one attached hydrogen (secondary N) is 1. The Kier molecular flexibility index (Phi) is 5.66. The van der Waals surface area contributed by atoms with E-state index in [1.165, 1.54) is 12.1 Å². The van der Waals surface area contributed by atoms with Gasteiger partial charge in [-0.15, -0.1) is 0 Å². The number of hydrogen-bond acceptors (Lipinski definition) is 5. The Morgan fingerprint density at radius 3 is 2.55 bits per heavy atom. The van der Waals surface area contributed by atoms with Crippen LogP contribution in [0.4, 0.5) is 21.8 Å². The lowest BCUT2D eigenvalue weighted by Gasteiger charge is -2.10. The molecule has 5 nitrogen and oxygen atoms in total.